The van der Waals surface area contributed by atoms with E-state index in [1.165, 1.54) is 7.11 Å². The van der Waals surface area contributed by atoms with Gasteiger partial charge in [0.05, 0.1) is 53.4 Å². The number of hydrogen-bond acceptors (Lipinski definition) is 8. The van der Waals surface area contributed by atoms with E-state index in [9.17, 15) is 4.79 Å². The van der Waals surface area contributed by atoms with E-state index in [-0.39, 0.29) is 13.2 Å². The Morgan fingerprint density at radius 2 is 1.84 bits per heavy atom. The first kappa shape index (κ1) is 21.3. The quantitative estimate of drug-likeness (QED) is 0.357. The van der Waals surface area contributed by atoms with Crippen LogP contribution in [0.2, 0.25) is 0 Å². The molecule has 142 valence electrons. The summed E-state index contributed by atoms with van der Waals surface area (Å²) in [7, 11) is 1.29. The van der Waals surface area contributed by atoms with E-state index in [2.05, 4.69) is 4.74 Å². The topological polar surface area (TPSA) is 109 Å². The minimum absolute atomic E-state index is 0.0117. The summed E-state index contributed by atoms with van der Waals surface area (Å²) in [6.07, 6.45) is 0. The number of carbonyl (C=O) groups excluding carboxylic acids is 1. The van der Waals surface area contributed by atoms with Crippen molar-refractivity contribution >= 4 is 5.97 Å². The second-order valence-corrected chi connectivity index (χ2v) is 5.09. The van der Waals surface area contributed by atoms with Crippen molar-refractivity contribution in [2.24, 2.45) is 5.73 Å². The van der Waals surface area contributed by atoms with Gasteiger partial charge < -0.3 is 34.5 Å². The SMILES string of the molecule is COC(=O)C(N)COCc1cccc(OCCOCCOCCO)c1. The van der Waals surface area contributed by atoms with Crippen LogP contribution in [0, 0.1) is 0 Å². The van der Waals surface area contributed by atoms with Gasteiger partial charge in [-0.2, -0.15) is 0 Å². The molecule has 0 aliphatic carbocycles. The Labute approximate surface area is 147 Å². The molecule has 0 heterocycles. The van der Waals surface area contributed by atoms with Crippen LogP contribution >= 0.6 is 0 Å². The smallest absolute Gasteiger partial charge is 0.325 e. The third-order valence-electron chi connectivity index (χ3n) is 3.07. The Kier molecular flexibility index (Phi) is 11.6. The molecule has 25 heavy (non-hydrogen) atoms. The Morgan fingerprint density at radius 1 is 1.12 bits per heavy atom. The second kappa shape index (κ2) is 13.6. The summed E-state index contributed by atoms with van der Waals surface area (Å²) < 4.78 is 26.0. The molecule has 0 fully saturated rings. The molecule has 8 heteroatoms. The fourth-order valence-corrected chi connectivity index (χ4v) is 1.85. The maximum absolute atomic E-state index is 11.2. The Hall–Kier alpha value is -1.71. The van der Waals surface area contributed by atoms with Crippen molar-refractivity contribution in [2.45, 2.75) is 12.6 Å². The lowest BCUT2D eigenvalue weighted by Crippen LogP contribution is -2.36. The third kappa shape index (κ3) is 10.0. The van der Waals surface area contributed by atoms with Crippen LogP contribution in [0.1, 0.15) is 5.56 Å². The standard InChI is InChI=1S/C17H27NO7/c1-21-17(20)16(18)13-24-12-14-3-2-4-15(11-14)25-10-9-23-8-7-22-6-5-19/h2-4,11,16,19H,5-10,12-13,18H2,1H3. The second-order valence-electron chi connectivity index (χ2n) is 5.09. The molecule has 0 radical (unpaired) electrons. The van der Waals surface area contributed by atoms with Gasteiger partial charge in [-0.3, -0.25) is 4.79 Å². The van der Waals surface area contributed by atoms with Gasteiger partial charge in [-0.1, -0.05) is 12.1 Å². The predicted molar refractivity (Wildman–Crippen MR) is 90.3 cm³/mol. The van der Waals surface area contributed by atoms with Crippen LogP contribution in [-0.4, -0.2) is 70.5 Å². The molecule has 1 aromatic rings. The molecule has 0 aliphatic rings. The zero-order valence-corrected chi connectivity index (χ0v) is 14.5. The van der Waals surface area contributed by atoms with E-state index in [4.69, 9.17) is 29.8 Å². The highest BCUT2D eigenvalue weighted by molar-refractivity contribution is 5.75. The van der Waals surface area contributed by atoms with Gasteiger partial charge in [-0.25, -0.2) is 0 Å². The van der Waals surface area contributed by atoms with Crippen LogP contribution < -0.4 is 10.5 Å². The van der Waals surface area contributed by atoms with Crippen molar-refractivity contribution in [3.8, 4) is 5.75 Å². The molecule has 0 aliphatic heterocycles. The predicted octanol–water partition coefficient (Wildman–Crippen LogP) is 0.108. The number of esters is 1. The molecule has 1 rings (SSSR count). The van der Waals surface area contributed by atoms with Gasteiger partial charge in [0.15, 0.2) is 0 Å². The summed E-state index contributed by atoms with van der Waals surface area (Å²) in [5.41, 5.74) is 6.50. The van der Waals surface area contributed by atoms with E-state index in [1.54, 1.807) is 0 Å². The summed E-state index contributed by atoms with van der Waals surface area (Å²) >= 11 is 0. The molecule has 8 nitrogen and oxygen atoms in total. The lowest BCUT2D eigenvalue weighted by atomic mass is 10.2. The van der Waals surface area contributed by atoms with Crippen LogP contribution in [0.25, 0.3) is 0 Å². The fourth-order valence-electron chi connectivity index (χ4n) is 1.85. The molecule has 1 aromatic carbocycles. The van der Waals surface area contributed by atoms with Gasteiger partial charge in [0, 0.05) is 0 Å². The van der Waals surface area contributed by atoms with E-state index < -0.39 is 12.0 Å². The first-order valence-corrected chi connectivity index (χ1v) is 8.06. The molecule has 3 N–H and O–H groups in total. The first-order valence-electron chi connectivity index (χ1n) is 8.06. The number of hydrogen-bond donors (Lipinski definition) is 2. The van der Waals surface area contributed by atoms with Crippen molar-refractivity contribution in [1.29, 1.82) is 0 Å². The van der Waals surface area contributed by atoms with Crippen molar-refractivity contribution in [1.82, 2.24) is 0 Å². The molecule has 0 saturated heterocycles. The number of benzene rings is 1. The third-order valence-corrected chi connectivity index (χ3v) is 3.07. The van der Waals surface area contributed by atoms with Crippen LogP contribution in [0.3, 0.4) is 0 Å². The number of aliphatic hydroxyl groups is 1. The summed E-state index contributed by atoms with van der Waals surface area (Å²) in [6.45, 7) is 2.50. The van der Waals surface area contributed by atoms with E-state index in [0.717, 1.165) is 5.56 Å². The largest absolute Gasteiger partial charge is 0.491 e. The van der Waals surface area contributed by atoms with E-state index >= 15 is 0 Å². The average molecular weight is 357 g/mol. The molecule has 0 amide bonds. The number of ether oxygens (including phenoxy) is 5. The van der Waals surface area contributed by atoms with Gasteiger partial charge >= 0.3 is 5.97 Å². The van der Waals surface area contributed by atoms with Crippen LogP contribution in [0.4, 0.5) is 0 Å². The van der Waals surface area contributed by atoms with Crippen molar-refractivity contribution in [3.63, 3.8) is 0 Å². The van der Waals surface area contributed by atoms with Gasteiger partial charge in [-0.15, -0.1) is 0 Å². The number of methoxy groups -OCH3 is 1. The molecule has 0 spiro atoms. The fraction of sp³-hybridized carbons (Fsp3) is 0.588. The lowest BCUT2D eigenvalue weighted by molar-refractivity contribution is -0.143. The van der Waals surface area contributed by atoms with E-state index in [0.29, 0.717) is 45.4 Å². The van der Waals surface area contributed by atoms with Gasteiger partial charge in [-0.05, 0) is 17.7 Å². The number of nitrogens with two attached hydrogens (primary N) is 1. The summed E-state index contributed by atoms with van der Waals surface area (Å²) in [6, 6.07) is 6.66. The summed E-state index contributed by atoms with van der Waals surface area (Å²) in [4.78, 5) is 11.2. The maximum atomic E-state index is 11.2. The zero-order valence-electron chi connectivity index (χ0n) is 14.5. The maximum Gasteiger partial charge on any atom is 0.325 e. The van der Waals surface area contributed by atoms with Gasteiger partial charge in [0.1, 0.15) is 18.4 Å². The number of aliphatic hydroxyl groups excluding tert-OH is 1. The monoisotopic (exact) mass is 357 g/mol. The minimum Gasteiger partial charge on any atom is -0.491 e. The van der Waals surface area contributed by atoms with Crippen LogP contribution in [0.15, 0.2) is 24.3 Å². The molecule has 1 unspecified atom stereocenters. The van der Waals surface area contributed by atoms with Crippen LogP contribution in [-0.2, 0) is 30.3 Å². The normalized spacial score (nSPS) is 12.0. The van der Waals surface area contributed by atoms with Crippen molar-refractivity contribution < 1.29 is 33.6 Å². The molecular weight excluding hydrogens is 330 g/mol. The highest BCUT2D eigenvalue weighted by atomic mass is 16.5. The summed E-state index contributed by atoms with van der Waals surface area (Å²) in [5.74, 6) is 0.206. The molecular formula is C17H27NO7. The minimum atomic E-state index is -0.789. The molecule has 0 saturated carbocycles. The Bertz CT molecular complexity index is 484. The Morgan fingerprint density at radius 3 is 2.56 bits per heavy atom. The Balaban J connectivity index is 2.18. The van der Waals surface area contributed by atoms with E-state index in [1.807, 2.05) is 24.3 Å². The summed E-state index contributed by atoms with van der Waals surface area (Å²) in [5, 5.41) is 8.55. The van der Waals surface area contributed by atoms with Crippen molar-refractivity contribution in [2.75, 3.05) is 53.4 Å². The van der Waals surface area contributed by atoms with Gasteiger partial charge in [0.25, 0.3) is 0 Å². The average Bonchev–Trinajstić information content (AvgIpc) is 2.63. The molecule has 0 aromatic heterocycles. The first-order chi connectivity index (χ1) is 12.2. The molecule has 1 atom stereocenters. The highest BCUT2D eigenvalue weighted by Crippen LogP contribution is 2.14. The molecule has 0 bridgehead atoms. The zero-order chi connectivity index (χ0) is 18.3. The number of rotatable bonds is 14. The lowest BCUT2D eigenvalue weighted by Gasteiger charge is -2.11. The highest BCUT2D eigenvalue weighted by Gasteiger charge is 2.13. The van der Waals surface area contributed by atoms with Crippen molar-refractivity contribution in [3.05, 3.63) is 29.8 Å². The number of carbonyl (C=O) groups is 1. The van der Waals surface area contributed by atoms with Crippen LogP contribution in [0.5, 0.6) is 5.75 Å². The van der Waals surface area contributed by atoms with Gasteiger partial charge in [0.2, 0.25) is 0 Å².